The maximum absolute atomic E-state index is 14.0. The van der Waals surface area contributed by atoms with Crippen LogP contribution in [-0.2, 0) is 11.4 Å². The van der Waals surface area contributed by atoms with E-state index in [1.165, 1.54) is 6.08 Å². The van der Waals surface area contributed by atoms with Crippen LogP contribution < -0.4 is 20.1 Å². The summed E-state index contributed by atoms with van der Waals surface area (Å²) in [4.78, 5) is 25.0. The summed E-state index contributed by atoms with van der Waals surface area (Å²) in [6.07, 6.45) is 1.39. The van der Waals surface area contributed by atoms with Gasteiger partial charge in [-0.05, 0) is 53.6 Å². The van der Waals surface area contributed by atoms with Gasteiger partial charge in [-0.2, -0.15) is 0 Å². The maximum atomic E-state index is 14.0. The third-order valence-corrected chi connectivity index (χ3v) is 4.80. The molecule has 3 aromatic rings. The Morgan fingerprint density at radius 2 is 1.77 bits per heavy atom. The molecule has 3 N–H and O–H groups in total. The van der Waals surface area contributed by atoms with Gasteiger partial charge in [0.15, 0.2) is 0 Å². The second-order valence-corrected chi connectivity index (χ2v) is 7.33. The fourth-order valence-corrected chi connectivity index (χ4v) is 3.04. The van der Waals surface area contributed by atoms with Gasteiger partial charge in [-0.25, -0.2) is 8.78 Å². The molecule has 0 aliphatic rings. The van der Waals surface area contributed by atoms with Gasteiger partial charge in [0.05, 0.1) is 19.3 Å². The molecule has 0 aliphatic heterocycles. The molecule has 0 bridgehead atoms. The Morgan fingerprint density at radius 3 is 2.46 bits per heavy atom. The van der Waals surface area contributed by atoms with Gasteiger partial charge in [0.1, 0.15) is 35.4 Å². The molecule has 0 aliphatic carbocycles. The Kier molecular flexibility index (Phi) is 8.91. The highest BCUT2D eigenvalue weighted by atomic mass is 19.1. The van der Waals surface area contributed by atoms with E-state index in [4.69, 9.17) is 14.6 Å². The lowest BCUT2D eigenvalue weighted by Crippen LogP contribution is -2.36. The summed E-state index contributed by atoms with van der Waals surface area (Å²) in [5, 5.41) is 13.8. The third-order valence-electron chi connectivity index (χ3n) is 4.80. The number of ether oxygens (including phenoxy) is 2. The van der Waals surface area contributed by atoms with Crippen molar-refractivity contribution < 1.29 is 33.0 Å². The first kappa shape index (κ1) is 25.4. The average Bonchev–Trinajstić information content (AvgIpc) is 2.86. The molecule has 0 saturated carbocycles. The predicted molar refractivity (Wildman–Crippen MR) is 126 cm³/mol. The van der Waals surface area contributed by atoms with E-state index < -0.39 is 29.0 Å². The van der Waals surface area contributed by atoms with Crippen LogP contribution in [-0.4, -0.2) is 37.2 Å². The lowest BCUT2D eigenvalue weighted by Gasteiger charge is -2.12. The number of methoxy groups -OCH3 is 1. The Balaban J connectivity index is 1.74. The molecular weight excluding hydrogens is 458 g/mol. The molecule has 0 saturated heterocycles. The van der Waals surface area contributed by atoms with Crippen molar-refractivity contribution in [1.29, 1.82) is 0 Å². The van der Waals surface area contributed by atoms with Gasteiger partial charge in [0.25, 0.3) is 11.8 Å². The molecule has 7 nitrogen and oxygen atoms in total. The standard InChI is InChI=1S/C26H24F2N2O5/c1-34-21-4-2-3-18(13-21)16-35-20-8-5-17(6-9-20)14-24(26(33)29-11-12-31)30-25(32)22-10-7-19(27)15-23(22)28/h2-10,13-15,31H,11-12,16H2,1H3,(H,29,33)(H,30,32). The maximum Gasteiger partial charge on any atom is 0.267 e. The molecule has 3 aromatic carbocycles. The Morgan fingerprint density at radius 1 is 1.00 bits per heavy atom. The van der Waals surface area contributed by atoms with Crippen molar-refractivity contribution >= 4 is 17.9 Å². The van der Waals surface area contributed by atoms with E-state index in [9.17, 15) is 18.4 Å². The number of hydrogen-bond acceptors (Lipinski definition) is 5. The number of rotatable bonds is 10. The number of benzene rings is 3. The molecule has 2 amide bonds. The summed E-state index contributed by atoms with van der Waals surface area (Å²) >= 11 is 0. The molecule has 0 aromatic heterocycles. The minimum Gasteiger partial charge on any atom is -0.497 e. The molecule has 0 fully saturated rings. The molecule has 9 heteroatoms. The van der Waals surface area contributed by atoms with Crippen molar-refractivity contribution in [3.8, 4) is 11.5 Å². The Hall–Kier alpha value is -4.24. The molecule has 182 valence electrons. The average molecular weight is 482 g/mol. The zero-order chi connectivity index (χ0) is 25.2. The van der Waals surface area contributed by atoms with Crippen molar-refractivity contribution in [1.82, 2.24) is 10.6 Å². The molecule has 0 heterocycles. The van der Waals surface area contributed by atoms with E-state index in [0.29, 0.717) is 24.0 Å². The number of hydrogen-bond donors (Lipinski definition) is 3. The van der Waals surface area contributed by atoms with Crippen LogP contribution in [0.25, 0.3) is 6.08 Å². The van der Waals surface area contributed by atoms with Gasteiger partial charge in [-0.1, -0.05) is 24.3 Å². The molecule has 35 heavy (non-hydrogen) atoms. The van der Waals surface area contributed by atoms with Crippen LogP contribution in [0.2, 0.25) is 0 Å². The number of nitrogens with one attached hydrogen (secondary N) is 2. The van der Waals surface area contributed by atoms with E-state index in [1.54, 1.807) is 31.4 Å². The van der Waals surface area contributed by atoms with Crippen molar-refractivity contribution in [2.75, 3.05) is 20.3 Å². The summed E-state index contributed by atoms with van der Waals surface area (Å²) in [5.74, 6) is -2.20. The summed E-state index contributed by atoms with van der Waals surface area (Å²) < 4.78 is 38.1. The van der Waals surface area contributed by atoms with Gasteiger partial charge >= 0.3 is 0 Å². The van der Waals surface area contributed by atoms with E-state index >= 15 is 0 Å². The number of halogens is 2. The van der Waals surface area contributed by atoms with Crippen LogP contribution >= 0.6 is 0 Å². The first-order valence-electron chi connectivity index (χ1n) is 10.6. The quantitative estimate of drug-likeness (QED) is 0.385. The minimum absolute atomic E-state index is 0.0476. The van der Waals surface area contributed by atoms with Gasteiger partial charge in [-0.3, -0.25) is 9.59 Å². The largest absolute Gasteiger partial charge is 0.497 e. The van der Waals surface area contributed by atoms with Gasteiger partial charge in [0.2, 0.25) is 0 Å². The summed E-state index contributed by atoms with van der Waals surface area (Å²) in [5.41, 5.74) is 0.866. The normalized spacial score (nSPS) is 11.0. The first-order chi connectivity index (χ1) is 16.9. The number of carbonyl (C=O) groups excluding carboxylic acids is 2. The zero-order valence-corrected chi connectivity index (χ0v) is 18.9. The first-order valence-corrected chi connectivity index (χ1v) is 10.6. The van der Waals surface area contributed by atoms with Crippen LogP contribution in [0.15, 0.2) is 72.4 Å². The number of carbonyl (C=O) groups is 2. The SMILES string of the molecule is COc1cccc(COc2ccc(C=C(NC(=O)c3ccc(F)cc3F)C(=O)NCCO)cc2)c1. The fraction of sp³-hybridized carbons (Fsp3) is 0.154. The van der Waals surface area contributed by atoms with Gasteiger partial charge < -0.3 is 25.2 Å². The lowest BCUT2D eigenvalue weighted by atomic mass is 10.1. The predicted octanol–water partition coefficient (Wildman–Crippen LogP) is 3.43. The van der Waals surface area contributed by atoms with Crippen LogP contribution in [0, 0.1) is 11.6 Å². The highest BCUT2D eigenvalue weighted by Crippen LogP contribution is 2.18. The highest BCUT2D eigenvalue weighted by molar-refractivity contribution is 6.05. The van der Waals surface area contributed by atoms with Crippen molar-refractivity contribution in [3.63, 3.8) is 0 Å². The second-order valence-electron chi connectivity index (χ2n) is 7.33. The van der Waals surface area contributed by atoms with Crippen molar-refractivity contribution in [3.05, 3.63) is 101 Å². The molecule has 0 radical (unpaired) electrons. The van der Waals surface area contributed by atoms with Crippen molar-refractivity contribution in [2.24, 2.45) is 0 Å². The smallest absolute Gasteiger partial charge is 0.267 e. The second kappa shape index (κ2) is 12.3. The van der Waals surface area contributed by atoms with E-state index in [-0.39, 0.29) is 18.8 Å². The van der Waals surface area contributed by atoms with Crippen molar-refractivity contribution in [2.45, 2.75) is 6.61 Å². The van der Waals surface area contributed by atoms with Crippen LogP contribution in [0.1, 0.15) is 21.5 Å². The van der Waals surface area contributed by atoms with E-state index in [0.717, 1.165) is 23.4 Å². The molecule has 0 unspecified atom stereocenters. The fourth-order valence-electron chi connectivity index (χ4n) is 3.04. The van der Waals surface area contributed by atoms with Crippen LogP contribution in [0.3, 0.4) is 0 Å². The number of amides is 2. The number of aliphatic hydroxyl groups is 1. The summed E-state index contributed by atoms with van der Waals surface area (Å²) in [6.45, 7) is -0.0343. The van der Waals surface area contributed by atoms with Crippen LogP contribution in [0.5, 0.6) is 11.5 Å². The Bertz CT molecular complexity index is 1210. The monoisotopic (exact) mass is 482 g/mol. The Labute approximate surface area is 201 Å². The van der Waals surface area contributed by atoms with E-state index in [1.807, 2.05) is 24.3 Å². The molecular formula is C26H24F2N2O5. The molecule has 3 rings (SSSR count). The van der Waals surface area contributed by atoms with Gasteiger partial charge in [-0.15, -0.1) is 0 Å². The topological polar surface area (TPSA) is 96.9 Å². The number of aliphatic hydroxyl groups excluding tert-OH is 1. The van der Waals surface area contributed by atoms with E-state index in [2.05, 4.69) is 10.6 Å². The van der Waals surface area contributed by atoms with Gasteiger partial charge in [0, 0.05) is 12.6 Å². The highest BCUT2D eigenvalue weighted by Gasteiger charge is 2.17. The minimum atomic E-state index is -1.06. The van der Waals surface area contributed by atoms with Crippen LogP contribution in [0.4, 0.5) is 8.78 Å². The molecule has 0 spiro atoms. The molecule has 0 atom stereocenters. The zero-order valence-electron chi connectivity index (χ0n) is 18.9. The summed E-state index contributed by atoms with van der Waals surface area (Å²) in [7, 11) is 1.59. The lowest BCUT2D eigenvalue weighted by molar-refractivity contribution is -0.117. The summed E-state index contributed by atoms with van der Waals surface area (Å²) in [6, 6.07) is 16.7. The third kappa shape index (κ3) is 7.38.